The molecule has 28 heteroatoms. The Balaban J connectivity index is 1.46. The van der Waals surface area contributed by atoms with E-state index in [1.807, 2.05) is 0 Å². The maximum absolute atomic E-state index is 15.6. The van der Waals surface area contributed by atoms with Gasteiger partial charge >= 0.3 is 18.4 Å². The topological polar surface area (TPSA) is 201 Å². The fourth-order valence-electron chi connectivity index (χ4n) is 8.40. The molecule has 0 bridgehead atoms. The monoisotopic (exact) mass is 1060 g/mol. The van der Waals surface area contributed by atoms with Crippen LogP contribution in [0.4, 0.5) is 54.5 Å². The number of aryl methyl sites for hydroxylation is 1. The van der Waals surface area contributed by atoms with Gasteiger partial charge < -0.3 is 15.8 Å². The van der Waals surface area contributed by atoms with Crippen molar-refractivity contribution in [3.63, 3.8) is 0 Å². The average Bonchev–Trinajstić information content (AvgIpc) is 3.73. The normalized spacial score (nSPS) is 17.3. The Morgan fingerprint density at radius 3 is 2.20 bits per heavy atom. The van der Waals surface area contributed by atoms with Gasteiger partial charge in [-0.25, -0.2) is 30.4 Å². The molecule has 3 heterocycles. The number of nitrogens with zero attached hydrogens (tertiary/aromatic N) is 6. The first-order valence-electron chi connectivity index (χ1n) is 20.9. The third-order valence-corrected chi connectivity index (χ3v) is 15.5. The first-order chi connectivity index (χ1) is 32.2. The van der Waals surface area contributed by atoms with Crippen LogP contribution in [0, 0.1) is 17.6 Å². The predicted molar refractivity (Wildman–Crippen MR) is 232 cm³/mol. The van der Waals surface area contributed by atoms with Crippen LogP contribution >= 0.6 is 11.6 Å². The number of rotatable bonds is 16. The number of hydrogen-bond acceptors (Lipinski definition) is 11. The number of hydrogen-bond donors (Lipinski definition) is 2. The molecule has 1 unspecified atom stereocenters. The SMILES string of the molecule is CC(C)(CCc1ccc(-c2ccc(Cl)c3c(N(C(=O)OCCN)S(C)(=O)=O)nn(CC(F)(F)F)c23)c([C@H](Cc2cc(F)cc(F)c2)NC(=O)Cn2nc(C(F)(F)F)c3c2C(F)(F)[C@@H]2CC32)n1)S(C)(=O)=O. The molecule has 3 atom stereocenters. The highest BCUT2D eigenvalue weighted by atomic mass is 35.5. The summed E-state index contributed by atoms with van der Waals surface area (Å²) in [7, 11) is -8.53. The zero-order valence-corrected chi connectivity index (χ0v) is 39.4. The number of fused-ring (bicyclic) bond motifs is 4. The molecule has 1 fully saturated rings. The van der Waals surface area contributed by atoms with E-state index >= 15 is 8.78 Å². The summed E-state index contributed by atoms with van der Waals surface area (Å²) in [6, 6.07) is 5.21. The highest BCUT2D eigenvalue weighted by Crippen LogP contribution is 2.68. The molecule has 70 heavy (non-hydrogen) atoms. The maximum Gasteiger partial charge on any atom is 0.435 e. The second kappa shape index (κ2) is 18.3. The first-order valence-corrected chi connectivity index (χ1v) is 25.0. The van der Waals surface area contributed by atoms with Gasteiger partial charge in [0.25, 0.3) is 5.92 Å². The molecule has 7 rings (SSSR count). The van der Waals surface area contributed by atoms with Gasteiger partial charge in [0.2, 0.25) is 15.9 Å². The Labute approximate surface area is 397 Å². The van der Waals surface area contributed by atoms with Gasteiger partial charge in [-0.2, -0.15) is 49.6 Å². The van der Waals surface area contributed by atoms with E-state index in [0.29, 0.717) is 12.3 Å². The Kier molecular flexibility index (Phi) is 13.6. The summed E-state index contributed by atoms with van der Waals surface area (Å²) in [5.41, 5.74) is 0.192. The molecular weight excluding hydrogens is 1020 g/mol. The zero-order chi connectivity index (χ0) is 51.8. The zero-order valence-electron chi connectivity index (χ0n) is 37.0. The van der Waals surface area contributed by atoms with Crippen molar-refractivity contribution in [1.82, 2.24) is 29.9 Å². The molecule has 380 valence electrons. The second-order valence-electron chi connectivity index (χ2n) is 17.6. The molecule has 3 aromatic heterocycles. The van der Waals surface area contributed by atoms with Gasteiger partial charge in [0.05, 0.1) is 38.7 Å². The van der Waals surface area contributed by atoms with Crippen molar-refractivity contribution in [2.24, 2.45) is 11.7 Å². The summed E-state index contributed by atoms with van der Waals surface area (Å²) in [5.74, 6) is -11.0. The van der Waals surface area contributed by atoms with Gasteiger partial charge in [0.15, 0.2) is 21.3 Å². The molecule has 2 aromatic carbocycles. The van der Waals surface area contributed by atoms with E-state index in [9.17, 15) is 61.5 Å². The van der Waals surface area contributed by atoms with Gasteiger partial charge in [0, 0.05) is 47.2 Å². The van der Waals surface area contributed by atoms with Crippen LogP contribution in [0.5, 0.6) is 0 Å². The van der Waals surface area contributed by atoms with Crippen LogP contribution in [0.2, 0.25) is 5.02 Å². The lowest BCUT2D eigenvalue weighted by molar-refractivity contribution is -0.143. The van der Waals surface area contributed by atoms with E-state index in [-0.39, 0.29) is 67.6 Å². The maximum atomic E-state index is 15.6. The number of pyridine rings is 1. The Bertz CT molecular complexity index is 3120. The van der Waals surface area contributed by atoms with Crippen LogP contribution in [-0.2, 0) is 67.4 Å². The first kappa shape index (κ1) is 52.3. The largest absolute Gasteiger partial charge is 0.447 e. The third-order valence-electron chi connectivity index (χ3n) is 12.0. The minimum Gasteiger partial charge on any atom is -0.447 e. The number of ether oxygens (including phenoxy) is 1. The molecule has 3 N–H and O–H groups in total. The van der Waals surface area contributed by atoms with E-state index in [2.05, 4.69) is 20.5 Å². The van der Waals surface area contributed by atoms with Gasteiger partial charge in [0.1, 0.15) is 37.0 Å². The number of alkyl halides is 8. The third kappa shape index (κ3) is 10.4. The standard InChI is InChI=1S/C42H41ClF10N8O7S2/c1-39(2,69(3,64)65)10-9-23-5-6-24(25-7-8-28(43)32-34(25)60(19-40(46,47)48)58-37(32)61(70(4,66)67)38(63)68-12-11-54)33(55-23)29(15-20-13-21(44)16-22(45)14-20)56-30(62)18-59-36-31(35(57-59)42(51,52)53)26-17-27(26)41(36,49)50/h5-8,13-14,16,26-27,29H,9-12,15,17-19,54H2,1-4H3,(H,56,62)/t26?,27-,29+/m1/s1. The van der Waals surface area contributed by atoms with Crippen molar-refractivity contribution >= 4 is 60.2 Å². The van der Waals surface area contributed by atoms with Crippen molar-refractivity contribution in [2.45, 2.75) is 87.6 Å². The van der Waals surface area contributed by atoms with Crippen LogP contribution in [-0.4, -0.2) is 90.0 Å². The smallest absolute Gasteiger partial charge is 0.435 e. The summed E-state index contributed by atoms with van der Waals surface area (Å²) in [4.78, 5) is 32.1. The van der Waals surface area contributed by atoms with E-state index in [0.717, 1.165) is 30.5 Å². The molecule has 2 aliphatic rings. The van der Waals surface area contributed by atoms with Crippen molar-refractivity contribution in [2.75, 3.05) is 30.0 Å². The number of halogens is 11. The van der Waals surface area contributed by atoms with E-state index in [1.54, 1.807) is 0 Å². The number of nitrogens with one attached hydrogen (secondary N) is 1. The number of aromatic nitrogens is 5. The minimum atomic E-state index is -5.21. The fourth-order valence-corrected chi connectivity index (χ4v) is 9.88. The van der Waals surface area contributed by atoms with Gasteiger partial charge in [-0.15, -0.1) is 0 Å². The molecule has 15 nitrogen and oxygen atoms in total. The van der Waals surface area contributed by atoms with Gasteiger partial charge in [-0.3, -0.25) is 19.1 Å². The number of carbonyl (C=O) groups is 2. The number of anilines is 1. The highest BCUT2D eigenvalue weighted by Gasteiger charge is 2.68. The lowest BCUT2D eigenvalue weighted by atomic mass is 9.93. The second-order valence-corrected chi connectivity index (χ2v) is 22.4. The average molecular weight is 1060 g/mol. The number of carbonyl (C=O) groups excluding carboxylic acids is 2. The molecule has 0 spiro atoms. The summed E-state index contributed by atoms with van der Waals surface area (Å²) in [6.45, 7) is -1.27. The molecule has 5 aromatic rings. The summed E-state index contributed by atoms with van der Waals surface area (Å²) in [5, 5.41) is 8.69. The van der Waals surface area contributed by atoms with Crippen LogP contribution in [0.1, 0.15) is 72.6 Å². The van der Waals surface area contributed by atoms with Crippen LogP contribution < -0.4 is 15.4 Å². The van der Waals surface area contributed by atoms with Crippen molar-refractivity contribution < 1.29 is 75.1 Å². The predicted octanol–water partition coefficient (Wildman–Crippen LogP) is 7.73. The molecule has 0 aliphatic heterocycles. The Hall–Kier alpha value is -5.54. The number of nitrogens with two attached hydrogens (primary N) is 1. The minimum absolute atomic E-state index is 0.0515. The van der Waals surface area contributed by atoms with Crippen molar-refractivity contribution in [3.8, 4) is 11.1 Å². The Morgan fingerprint density at radius 1 is 0.971 bits per heavy atom. The van der Waals surface area contributed by atoms with E-state index in [4.69, 9.17) is 22.1 Å². The fraction of sp³-hybridized carbons (Fsp3) is 0.452. The highest BCUT2D eigenvalue weighted by molar-refractivity contribution is 7.92. The number of sulfonamides is 1. The van der Waals surface area contributed by atoms with Crippen LogP contribution in [0.15, 0.2) is 42.5 Å². The number of amides is 2. The summed E-state index contributed by atoms with van der Waals surface area (Å²) < 4.78 is 202. The molecule has 0 radical (unpaired) electrons. The van der Waals surface area contributed by atoms with Crippen molar-refractivity contribution in [1.29, 1.82) is 0 Å². The van der Waals surface area contributed by atoms with E-state index in [1.165, 1.54) is 26.0 Å². The number of benzene rings is 2. The van der Waals surface area contributed by atoms with Crippen LogP contribution in [0.25, 0.3) is 22.0 Å². The van der Waals surface area contributed by atoms with Gasteiger partial charge in [-0.05, 0) is 75.3 Å². The van der Waals surface area contributed by atoms with Crippen molar-refractivity contribution in [3.05, 3.63) is 93.0 Å². The molecule has 2 aliphatic carbocycles. The van der Waals surface area contributed by atoms with Gasteiger partial charge in [-0.1, -0.05) is 23.7 Å². The Morgan fingerprint density at radius 2 is 1.61 bits per heavy atom. The summed E-state index contributed by atoms with van der Waals surface area (Å²) >= 11 is 6.59. The molecule has 1 saturated carbocycles. The lowest BCUT2D eigenvalue weighted by Gasteiger charge is -2.25. The lowest BCUT2D eigenvalue weighted by Crippen LogP contribution is -2.38. The number of sulfone groups is 1. The summed E-state index contributed by atoms with van der Waals surface area (Å²) in [6.07, 6.45) is -11.6. The van der Waals surface area contributed by atoms with E-state index < -0.39 is 149 Å². The molecule has 0 saturated heterocycles. The molecular formula is C42H41ClF10N8O7S2. The van der Waals surface area contributed by atoms with Crippen LogP contribution in [0.3, 0.4) is 0 Å². The quantitative estimate of drug-likeness (QED) is 0.0916. The molecule has 2 amide bonds.